The third kappa shape index (κ3) is 6.15. The van der Waals surface area contributed by atoms with E-state index in [2.05, 4.69) is 15.6 Å². The van der Waals surface area contributed by atoms with Crippen LogP contribution < -0.4 is 10.6 Å². The van der Waals surface area contributed by atoms with Gasteiger partial charge in [-0.15, -0.1) is 0 Å². The molecule has 0 fully saturated rings. The van der Waals surface area contributed by atoms with Crippen LogP contribution in [0.1, 0.15) is 23.6 Å². The van der Waals surface area contributed by atoms with Crippen molar-refractivity contribution in [2.45, 2.75) is 26.6 Å². The minimum atomic E-state index is -0.463. The number of nitrogens with zero attached hydrogens (tertiary/aromatic N) is 1. The molecule has 134 valence electrons. The van der Waals surface area contributed by atoms with E-state index in [9.17, 15) is 8.78 Å². The smallest absolute Gasteiger partial charge is 0.191 e. The molecule has 2 N–H and O–H groups in total. The zero-order valence-electron chi connectivity index (χ0n) is 14.5. The van der Waals surface area contributed by atoms with Gasteiger partial charge in [-0.1, -0.05) is 24.3 Å². The Kier molecular flexibility index (Phi) is 7.35. The van der Waals surface area contributed by atoms with Crippen LogP contribution in [0.4, 0.5) is 8.78 Å². The van der Waals surface area contributed by atoms with Crippen molar-refractivity contribution in [2.24, 2.45) is 4.99 Å². The Morgan fingerprint density at radius 3 is 2.64 bits per heavy atom. The van der Waals surface area contributed by atoms with Gasteiger partial charge in [-0.25, -0.2) is 13.8 Å². The maximum absolute atomic E-state index is 13.7. The Bertz CT molecular complexity index is 720. The fourth-order valence-corrected chi connectivity index (χ4v) is 2.35. The van der Waals surface area contributed by atoms with Gasteiger partial charge in [-0.3, -0.25) is 0 Å². The molecule has 0 heterocycles. The molecule has 0 aliphatic rings. The van der Waals surface area contributed by atoms with Crippen LogP contribution in [0.15, 0.2) is 47.5 Å². The molecule has 0 atom stereocenters. The van der Waals surface area contributed by atoms with Crippen LogP contribution in [0.5, 0.6) is 0 Å². The van der Waals surface area contributed by atoms with E-state index in [0.29, 0.717) is 25.7 Å². The molecule has 0 aliphatic carbocycles. The van der Waals surface area contributed by atoms with Gasteiger partial charge in [-0.05, 0) is 36.2 Å². The average Bonchev–Trinajstić information content (AvgIpc) is 2.61. The Morgan fingerprint density at radius 1 is 1.08 bits per heavy atom. The number of nitrogens with one attached hydrogen (secondary N) is 2. The lowest BCUT2D eigenvalue weighted by Crippen LogP contribution is -2.37. The third-order valence-corrected chi connectivity index (χ3v) is 3.52. The molecule has 0 spiro atoms. The van der Waals surface area contributed by atoms with Crippen molar-refractivity contribution in [3.63, 3.8) is 0 Å². The number of guanidine groups is 1. The summed E-state index contributed by atoms with van der Waals surface area (Å²) in [4.78, 5) is 4.49. The lowest BCUT2D eigenvalue weighted by molar-refractivity contribution is 0.185. The highest BCUT2D eigenvalue weighted by atomic mass is 19.1. The molecule has 6 heteroatoms. The maximum Gasteiger partial charge on any atom is 0.191 e. The van der Waals surface area contributed by atoms with E-state index in [1.165, 1.54) is 6.07 Å². The second kappa shape index (κ2) is 9.74. The van der Waals surface area contributed by atoms with Crippen LogP contribution in [0, 0.1) is 11.6 Å². The predicted molar refractivity (Wildman–Crippen MR) is 95.2 cm³/mol. The summed E-state index contributed by atoms with van der Waals surface area (Å²) >= 11 is 0. The van der Waals surface area contributed by atoms with Crippen LogP contribution >= 0.6 is 0 Å². The summed E-state index contributed by atoms with van der Waals surface area (Å²) in [6, 6.07) is 11.4. The Hall–Kier alpha value is -2.47. The molecule has 0 bridgehead atoms. The van der Waals surface area contributed by atoms with Crippen molar-refractivity contribution in [3.8, 4) is 0 Å². The zero-order valence-corrected chi connectivity index (χ0v) is 14.5. The van der Waals surface area contributed by atoms with Crippen LogP contribution in [-0.2, 0) is 24.4 Å². The number of hydrogen-bond acceptors (Lipinski definition) is 2. The molecule has 0 saturated heterocycles. The van der Waals surface area contributed by atoms with Crippen molar-refractivity contribution in [1.82, 2.24) is 10.6 Å². The van der Waals surface area contributed by atoms with Crippen molar-refractivity contribution < 1.29 is 13.5 Å². The van der Waals surface area contributed by atoms with E-state index in [1.54, 1.807) is 7.11 Å². The van der Waals surface area contributed by atoms with E-state index in [-0.39, 0.29) is 12.1 Å². The molecule has 0 unspecified atom stereocenters. The van der Waals surface area contributed by atoms with E-state index in [4.69, 9.17) is 4.74 Å². The fraction of sp³-hybridized carbons (Fsp3) is 0.316. The van der Waals surface area contributed by atoms with Crippen molar-refractivity contribution in [1.29, 1.82) is 0 Å². The summed E-state index contributed by atoms with van der Waals surface area (Å²) in [7, 11) is 1.66. The summed E-state index contributed by atoms with van der Waals surface area (Å²) in [6.07, 6.45) is 0. The Labute approximate surface area is 146 Å². The number of rotatable bonds is 7. The molecule has 2 aromatic carbocycles. The molecular formula is C19H23F2N3O. The van der Waals surface area contributed by atoms with E-state index in [0.717, 1.165) is 23.3 Å². The lowest BCUT2D eigenvalue weighted by atomic mass is 10.1. The van der Waals surface area contributed by atoms with E-state index in [1.807, 2.05) is 31.2 Å². The zero-order chi connectivity index (χ0) is 18.1. The van der Waals surface area contributed by atoms with Gasteiger partial charge >= 0.3 is 0 Å². The maximum atomic E-state index is 13.7. The van der Waals surface area contributed by atoms with Gasteiger partial charge in [0.15, 0.2) is 5.96 Å². The topological polar surface area (TPSA) is 45.7 Å². The van der Waals surface area contributed by atoms with Gasteiger partial charge in [0.05, 0.1) is 13.2 Å². The van der Waals surface area contributed by atoms with Gasteiger partial charge < -0.3 is 15.4 Å². The minimum Gasteiger partial charge on any atom is -0.380 e. The minimum absolute atomic E-state index is 0.152. The fourth-order valence-electron chi connectivity index (χ4n) is 2.35. The summed E-state index contributed by atoms with van der Waals surface area (Å²) in [5.74, 6) is -0.365. The van der Waals surface area contributed by atoms with Crippen molar-refractivity contribution in [2.75, 3.05) is 13.7 Å². The largest absolute Gasteiger partial charge is 0.380 e. The Morgan fingerprint density at radius 2 is 1.88 bits per heavy atom. The van der Waals surface area contributed by atoms with E-state index < -0.39 is 11.6 Å². The molecule has 4 nitrogen and oxygen atoms in total. The second-order valence-corrected chi connectivity index (χ2v) is 5.54. The predicted octanol–water partition coefficient (Wildman–Crippen LogP) is 3.37. The highest BCUT2D eigenvalue weighted by Crippen LogP contribution is 2.10. The Balaban J connectivity index is 2.02. The van der Waals surface area contributed by atoms with E-state index >= 15 is 0 Å². The summed E-state index contributed by atoms with van der Waals surface area (Å²) in [5, 5.41) is 6.12. The molecule has 2 rings (SSSR count). The molecule has 2 aromatic rings. The first-order valence-corrected chi connectivity index (χ1v) is 8.15. The molecular weight excluding hydrogens is 324 g/mol. The van der Waals surface area contributed by atoms with Crippen molar-refractivity contribution in [3.05, 3.63) is 70.8 Å². The normalized spacial score (nSPS) is 11.4. The first-order chi connectivity index (χ1) is 12.1. The number of benzene rings is 2. The van der Waals surface area contributed by atoms with Gasteiger partial charge in [-0.2, -0.15) is 0 Å². The number of hydrogen-bond donors (Lipinski definition) is 2. The summed E-state index contributed by atoms with van der Waals surface area (Å²) in [5.41, 5.74) is 2.38. The average molecular weight is 347 g/mol. The number of ether oxygens (including phenoxy) is 1. The molecule has 0 aliphatic heterocycles. The SMILES string of the molecule is CCNC(=NCc1cccc(COC)c1)NCc1cc(F)ccc1F. The first kappa shape index (κ1) is 18.9. The molecule has 0 aromatic heterocycles. The lowest BCUT2D eigenvalue weighted by Gasteiger charge is -2.12. The first-order valence-electron chi connectivity index (χ1n) is 8.15. The monoisotopic (exact) mass is 347 g/mol. The summed E-state index contributed by atoms with van der Waals surface area (Å²) in [6.45, 7) is 3.78. The van der Waals surface area contributed by atoms with Gasteiger partial charge in [0, 0.05) is 25.8 Å². The van der Waals surface area contributed by atoms with Crippen LogP contribution in [0.2, 0.25) is 0 Å². The quantitative estimate of drug-likeness (QED) is 0.596. The summed E-state index contributed by atoms with van der Waals surface area (Å²) < 4.78 is 32.1. The second-order valence-electron chi connectivity index (χ2n) is 5.54. The molecule has 25 heavy (non-hydrogen) atoms. The highest BCUT2D eigenvalue weighted by Gasteiger charge is 2.05. The molecule has 0 amide bonds. The number of aliphatic imine (C=N–C) groups is 1. The van der Waals surface area contributed by atoms with Gasteiger partial charge in [0.25, 0.3) is 0 Å². The van der Waals surface area contributed by atoms with Gasteiger partial charge in [0.1, 0.15) is 11.6 Å². The molecule has 0 saturated carbocycles. The molecule has 0 radical (unpaired) electrons. The number of halogens is 2. The van der Waals surface area contributed by atoms with Crippen molar-refractivity contribution >= 4 is 5.96 Å². The van der Waals surface area contributed by atoms with Gasteiger partial charge in [0.2, 0.25) is 0 Å². The van der Waals surface area contributed by atoms with Crippen LogP contribution in [0.3, 0.4) is 0 Å². The third-order valence-electron chi connectivity index (χ3n) is 3.52. The van der Waals surface area contributed by atoms with Crippen LogP contribution in [0.25, 0.3) is 0 Å². The standard InChI is InChI=1S/C19H23F2N3O/c1-3-22-19(24-12-16-10-17(20)7-8-18(16)21)23-11-14-5-4-6-15(9-14)13-25-2/h4-10H,3,11-13H2,1-2H3,(H2,22,23,24). The highest BCUT2D eigenvalue weighted by molar-refractivity contribution is 5.79. The number of methoxy groups -OCH3 is 1. The van der Waals surface area contributed by atoms with Crippen LogP contribution in [-0.4, -0.2) is 19.6 Å².